The summed E-state index contributed by atoms with van der Waals surface area (Å²) in [6, 6.07) is 4.39. The Morgan fingerprint density at radius 1 is 1.05 bits per heavy atom. The SMILES string of the molecule is Cc1cc(C(C)(C)C)cc(C)c1CC(C)(C)C(=O)O. The Labute approximate surface area is 116 Å². The maximum absolute atomic E-state index is 11.3. The summed E-state index contributed by atoms with van der Waals surface area (Å²) in [5.41, 5.74) is 4.26. The Hall–Kier alpha value is -1.31. The number of aryl methyl sites for hydroxylation is 2. The lowest BCUT2D eigenvalue weighted by molar-refractivity contribution is -0.146. The largest absolute Gasteiger partial charge is 0.481 e. The van der Waals surface area contributed by atoms with Crippen molar-refractivity contribution in [1.82, 2.24) is 0 Å². The van der Waals surface area contributed by atoms with Gasteiger partial charge in [-0.1, -0.05) is 32.9 Å². The van der Waals surface area contributed by atoms with Crippen LogP contribution in [0.25, 0.3) is 0 Å². The van der Waals surface area contributed by atoms with E-state index in [1.54, 1.807) is 13.8 Å². The second-order valence-electron chi connectivity index (χ2n) is 7.20. The molecule has 1 rings (SSSR count). The van der Waals surface area contributed by atoms with Crippen LogP contribution in [0.3, 0.4) is 0 Å². The van der Waals surface area contributed by atoms with Crippen molar-refractivity contribution in [2.45, 2.75) is 60.3 Å². The predicted molar refractivity (Wildman–Crippen MR) is 79.7 cm³/mol. The zero-order valence-electron chi connectivity index (χ0n) is 13.2. The van der Waals surface area contributed by atoms with Crippen LogP contribution in [-0.2, 0) is 16.6 Å². The van der Waals surface area contributed by atoms with Gasteiger partial charge in [-0.3, -0.25) is 4.79 Å². The molecule has 2 heteroatoms. The van der Waals surface area contributed by atoms with Gasteiger partial charge in [0.25, 0.3) is 0 Å². The molecule has 0 aliphatic rings. The summed E-state index contributed by atoms with van der Waals surface area (Å²) in [5, 5.41) is 9.27. The van der Waals surface area contributed by atoms with Crippen LogP contribution in [0.2, 0.25) is 0 Å². The molecule has 106 valence electrons. The highest BCUT2D eigenvalue weighted by molar-refractivity contribution is 5.74. The number of benzene rings is 1. The van der Waals surface area contributed by atoms with E-state index in [0.717, 1.165) is 0 Å². The van der Waals surface area contributed by atoms with Gasteiger partial charge in [-0.05, 0) is 61.8 Å². The van der Waals surface area contributed by atoms with Crippen molar-refractivity contribution in [1.29, 1.82) is 0 Å². The summed E-state index contributed by atoms with van der Waals surface area (Å²) in [6.45, 7) is 14.3. The van der Waals surface area contributed by atoms with Crippen LogP contribution < -0.4 is 0 Å². The van der Waals surface area contributed by atoms with Gasteiger partial charge in [0.2, 0.25) is 0 Å². The molecule has 0 atom stereocenters. The van der Waals surface area contributed by atoms with E-state index in [0.29, 0.717) is 6.42 Å². The van der Waals surface area contributed by atoms with Crippen LogP contribution in [0.1, 0.15) is 56.9 Å². The van der Waals surface area contributed by atoms with Gasteiger partial charge in [-0.25, -0.2) is 0 Å². The standard InChI is InChI=1S/C17H26O2/c1-11-8-13(16(3,4)5)9-12(2)14(11)10-17(6,7)15(18)19/h8-9H,10H2,1-7H3,(H,18,19). The number of carboxylic acids is 1. The Bertz CT molecular complexity index is 467. The number of carboxylic acid groups (broad SMARTS) is 1. The van der Waals surface area contributed by atoms with Gasteiger partial charge >= 0.3 is 5.97 Å². The van der Waals surface area contributed by atoms with Gasteiger partial charge in [0.15, 0.2) is 0 Å². The number of rotatable bonds is 3. The minimum absolute atomic E-state index is 0.121. The van der Waals surface area contributed by atoms with E-state index in [4.69, 9.17) is 0 Å². The lowest BCUT2D eigenvalue weighted by atomic mass is 9.79. The van der Waals surface area contributed by atoms with Gasteiger partial charge in [-0.15, -0.1) is 0 Å². The summed E-state index contributed by atoms with van der Waals surface area (Å²) >= 11 is 0. The number of aliphatic carboxylic acids is 1. The summed E-state index contributed by atoms with van der Waals surface area (Å²) < 4.78 is 0. The molecule has 0 aromatic heterocycles. The van der Waals surface area contributed by atoms with Crippen molar-refractivity contribution in [2.75, 3.05) is 0 Å². The van der Waals surface area contributed by atoms with E-state index >= 15 is 0 Å². The highest BCUT2D eigenvalue weighted by atomic mass is 16.4. The van der Waals surface area contributed by atoms with Gasteiger partial charge in [0, 0.05) is 0 Å². The normalized spacial score (nSPS) is 12.6. The average molecular weight is 262 g/mol. The van der Waals surface area contributed by atoms with Crippen LogP contribution in [0.5, 0.6) is 0 Å². The molecule has 19 heavy (non-hydrogen) atoms. The van der Waals surface area contributed by atoms with E-state index in [1.807, 2.05) is 0 Å². The first-order valence-electron chi connectivity index (χ1n) is 6.79. The van der Waals surface area contributed by atoms with Crippen molar-refractivity contribution in [2.24, 2.45) is 5.41 Å². The van der Waals surface area contributed by atoms with Gasteiger partial charge in [0.05, 0.1) is 5.41 Å². The molecule has 0 unspecified atom stereocenters. The zero-order chi connectivity index (χ0) is 15.0. The van der Waals surface area contributed by atoms with Gasteiger partial charge < -0.3 is 5.11 Å². The summed E-state index contributed by atoms with van der Waals surface area (Å²) in [5.74, 6) is -0.744. The molecule has 0 bridgehead atoms. The van der Waals surface area contributed by atoms with E-state index in [1.165, 1.54) is 22.3 Å². The lowest BCUT2D eigenvalue weighted by Crippen LogP contribution is -2.27. The molecule has 1 aromatic carbocycles. The third kappa shape index (κ3) is 3.59. The van der Waals surface area contributed by atoms with Crippen molar-refractivity contribution in [3.63, 3.8) is 0 Å². The van der Waals surface area contributed by atoms with Crippen molar-refractivity contribution in [3.8, 4) is 0 Å². The Kier molecular flexibility index (Phi) is 4.14. The maximum Gasteiger partial charge on any atom is 0.309 e. The molecule has 1 N–H and O–H groups in total. The molecule has 1 aromatic rings. The van der Waals surface area contributed by atoms with Crippen LogP contribution in [0, 0.1) is 19.3 Å². The van der Waals surface area contributed by atoms with Gasteiger partial charge in [-0.2, -0.15) is 0 Å². The van der Waals surface area contributed by atoms with Crippen LogP contribution in [0.15, 0.2) is 12.1 Å². The number of carbonyl (C=O) groups is 1. The fourth-order valence-corrected chi connectivity index (χ4v) is 2.22. The summed E-state index contributed by atoms with van der Waals surface area (Å²) in [4.78, 5) is 11.3. The minimum atomic E-state index is -0.744. The highest BCUT2D eigenvalue weighted by Crippen LogP contribution is 2.31. The van der Waals surface area contributed by atoms with Crippen LogP contribution >= 0.6 is 0 Å². The highest BCUT2D eigenvalue weighted by Gasteiger charge is 2.29. The first kappa shape index (κ1) is 15.7. The molecule has 0 saturated heterocycles. The quantitative estimate of drug-likeness (QED) is 0.884. The predicted octanol–water partition coefficient (Wildman–Crippen LogP) is 4.25. The third-order valence-corrected chi connectivity index (χ3v) is 3.76. The minimum Gasteiger partial charge on any atom is -0.481 e. The molecule has 0 radical (unpaired) electrons. The fourth-order valence-electron chi connectivity index (χ4n) is 2.22. The molecular weight excluding hydrogens is 236 g/mol. The molecule has 0 spiro atoms. The first-order chi connectivity index (χ1) is 8.45. The second kappa shape index (κ2) is 4.99. The van der Waals surface area contributed by atoms with Crippen molar-refractivity contribution < 1.29 is 9.90 Å². The molecule has 2 nitrogen and oxygen atoms in total. The molecule has 0 heterocycles. The first-order valence-corrected chi connectivity index (χ1v) is 6.79. The van der Waals surface area contributed by atoms with Gasteiger partial charge in [0.1, 0.15) is 0 Å². The van der Waals surface area contributed by atoms with E-state index < -0.39 is 11.4 Å². The third-order valence-electron chi connectivity index (χ3n) is 3.76. The van der Waals surface area contributed by atoms with Crippen molar-refractivity contribution in [3.05, 3.63) is 34.4 Å². The molecule has 0 amide bonds. The van der Waals surface area contributed by atoms with E-state index in [-0.39, 0.29) is 5.41 Å². The molecule has 0 fully saturated rings. The topological polar surface area (TPSA) is 37.3 Å². The zero-order valence-corrected chi connectivity index (χ0v) is 13.2. The average Bonchev–Trinajstić information content (AvgIpc) is 2.21. The molecule has 0 saturated carbocycles. The molecular formula is C17H26O2. The molecule has 0 aliphatic carbocycles. The smallest absolute Gasteiger partial charge is 0.309 e. The Morgan fingerprint density at radius 3 is 1.79 bits per heavy atom. The monoisotopic (exact) mass is 262 g/mol. The van der Waals surface area contributed by atoms with Crippen LogP contribution in [0.4, 0.5) is 0 Å². The lowest BCUT2D eigenvalue weighted by Gasteiger charge is -2.25. The maximum atomic E-state index is 11.3. The Morgan fingerprint density at radius 2 is 1.47 bits per heavy atom. The summed E-state index contributed by atoms with van der Waals surface area (Å²) in [6.07, 6.45) is 0.574. The fraction of sp³-hybridized carbons (Fsp3) is 0.588. The Balaban J connectivity index is 3.22. The second-order valence-corrected chi connectivity index (χ2v) is 7.20. The van der Waals surface area contributed by atoms with Crippen LogP contribution in [-0.4, -0.2) is 11.1 Å². The number of hydrogen-bond donors (Lipinski definition) is 1. The van der Waals surface area contributed by atoms with E-state index in [9.17, 15) is 9.90 Å². The molecule has 0 aliphatic heterocycles. The van der Waals surface area contributed by atoms with Crippen molar-refractivity contribution >= 4 is 5.97 Å². The van der Waals surface area contributed by atoms with E-state index in [2.05, 4.69) is 46.8 Å². The number of hydrogen-bond acceptors (Lipinski definition) is 1. The summed E-state index contributed by atoms with van der Waals surface area (Å²) in [7, 11) is 0.